The number of halogens is 3. The molecule has 1 aromatic heterocycles. The van der Waals surface area contributed by atoms with E-state index in [1.165, 1.54) is 7.05 Å². The first-order valence-electron chi connectivity index (χ1n) is 7.44. The van der Waals surface area contributed by atoms with Crippen LogP contribution in [0.4, 0.5) is 23.7 Å². The van der Waals surface area contributed by atoms with E-state index in [4.69, 9.17) is 4.74 Å². The van der Waals surface area contributed by atoms with Gasteiger partial charge in [0.2, 0.25) is 5.88 Å². The molecular formula is C15H15F3N4O4. The van der Waals surface area contributed by atoms with Crippen molar-refractivity contribution in [1.82, 2.24) is 15.1 Å². The van der Waals surface area contributed by atoms with Crippen LogP contribution in [0.1, 0.15) is 23.7 Å². The van der Waals surface area contributed by atoms with Gasteiger partial charge in [0, 0.05) is 24.7 Å². The lowest BCUT2D eigenvalue weighted by molar-refractivity contribution is -0.385. The van der Waals surface area contributed by atoms with Gasteiger partial charge in [-0.15, -0.1) is 5.10 Å². The number of ether oxygens (including phenoxy) is 1. The van der Waals surface area contributed by atoms with E-state index in [0.717, 1.165) is 16.8 Å². The number of nitrogens with one attached hydrogen (secondary N) is 1. The van der Waals surface area contributed by atoms with Crippen molar-refractivity contribution in [3.8, 4) is 11.6 Å². The van der Waals surface area contributed by atoms with E-state index in [0.29, 0.717) is 23.7 Å². The molecule has 0 spiro atoms. The van der Waals surface area contributed by atoms with Gasteiger partial charge in [0.25, 0.3) is 5.69 Å². The molecule has 0 saturated carbocycles. The highest BCUT2D eigenvalue weighted by Gasteiger charge is 2.37. The number of aromatic nitrogens is 2. The quantitative estimate of drug-likeness (QED) is 0.652. The van der Waals surface area contributed by atoms with Crippen LogP contribution in [0.25, 0.3) is 0 Å². The van der Waals surface area contributed by atoms with Gasteiger partial charge in [-0.25, -0.2) is 4.79 Å². The number of carbonyl (C=O) groups excluding carboxylic acids is 1. The molecule has 0 fully saturated rings. The number of amides is 1. The van der Waals surface area contributed by atoms with Crippen molar-refractivity contribution in [2.24, 2.45) is 0 Å². The average Bonchev–Trinajstić information content (AvgIpc) is 2.88. The van der Waals surface area contributed by atoms with Gasteiger partial charge in [0.05, 0.1) is 10.6 Å². The number of hydrogen-bond acceptors (Lipinski definition) is 5. The first-order chi connectivity index (χ1) is 12.1. The Balaban J connectivity index is 2.55. The summed E-state index contributed by atoms with van der Waals surface area (Å²) < 4.78 is 46.0. The number of nitro benzene ring substituents is 1. The van der Waals surface area contributed by atoms with Crippen LogP contribution >= 0.6 is 0 Å². The van der Waals surface area contributed by atoms with Crippen LogP contribution < -0.4 is 10.1 Å². The molecule has 140 valence electrons. The van der Waals surface area contributed by atoms with E-state index < -0.39 is 34.1 Å². The normalized spacial score (nSPS) is 11.3. The zero-order valence-corrected chi connectivity index (χ0v) is 14.0. The monoisotopic (exact) mass is 372 g/mol. The van der Waals surface area contributed by atoms with Crippen molar-refractivity contribution in [3.05, 3.63) is 45.1 Å². The summed E-state index contributed by atoms with van der Waals surface area (Å²) in [5.74, 6) is -0.813. The summed E-state index contributed by atoms with van der Waals surface area (Å²) in [7, 11) is 1.38. The molecule has 2 aromatic rings. The van der Waals surface area contributed by atoms with E-state index in [1.807, 2.05) is 0 Å². The Bertz CT molecular complexity index is 861. The van der Waals surface area contributed by atoms with Crippen molar-refractivity contribution in [2.75, 3.05) is 7.05 Å². The number of carbonyl (C=O) groups is 1. The standard InChI is InChI=1S/C15H15F3N4O4/c1-4-10-8(2)21(14(23)19-3)20-13(10)26-12-6-5-9(22(24)25)7-11(12)15(16,17)18/h5-7H,4H2,1-3H3,(H,19,23). The fourth-order valence-electron chi connectivity index (χ4n) is 2.35. The number of non-ortho nitro benzene ring substituents is 1. The average molecular weight is 372 g/mol. The van der Waals surface area contributed by atoms with Gasteiger partial charge >= 0.3 is 12.2 Å². The van der Waals surface area contributed by atoms with Gasteiger partial charge in [-0.1, -0.05) is 6.92 Å². The van der Waals surface area contributed by atoms with Crippen LogP contribution in [0.15, 0.2) is 18.2 Å². The third-order valence-electron chi connectivity index (χ3n) is 3.65. The molecule has 1 aromatic carbocycles. The highest BCUT2D eigenvalue weighted by molar-refractivity contribution is 5.76. The summed E-state index contributed by atoms with van der Waals surface area (Å²) in [5, 5.41) is 17.0. The maximum atomic E-state index is 13.3. The van der Waals surface area contributed by atoms with Crippen molar-refractivity contribution < 1.29 is 27.6 Å². The van der Waals surface area contributed by atoms with Gasteiger partial charge in [0.15, 0.2) is 0 Å². The van der Waals surface area contributed by atoms with Crippen LogP contribution in [0.5, 0.6) is 11.6 Å². The summed E-state index contributed by atoms with van der Waals surface area (Å²) in [5.41, 5.74) is -1.16. The molecule has 0 atom stereocenters. The van der Waals surface area contributed by atoms with E-state index in [1.54, 1.807) is 13.8 Å². The molecule has 0 aliphatic carbocycles. The smallest absolute Gasteiger partial charge is 0.420 e. The molecule has 0 aliphatic rings. The van der Waals surface area contributed by atoms with Gasteiger partial charge in [-0.2, -0.15) is 17.9 Å². The van der Waals surface area contributed by atoms with Gasteiger partial charge in [-0.05, 0) is 19.4 Å². The zero-order valence-electron chi connectivity index (χ0n) is 14.0. The van der Waals surface area contributed by atoms with Crippen molar-refractivity contribution in [3.63, 3.8) is 0 Å². The van der Waals surface area contributed by atoms with Gasteiger partial charge < -0.3 is 10.1 Å². The first-order valence-corrected chi connectivity index (χ1v) is 7.44. The first kappa shape index (κ1) is 19.2. The second-order valence-corrected chi connectivity index (χ2v) is 5.23. The predicted octanol–water partition coefficient (Wildman–Crippen LogP) is 3.66. The van der Waals surface area contributed by atoms with Crippen LogP contribution in [-0.2, 0) is 12.6 Å². The molecule has 0 aliphatic heterocycles. The minimum atomic E-state index is -4.87. The van der Waals surface area contributed by atoms with Crippen LogP contribution in [0.2, 0.25) is 0 Å². The van der Waals surface area contributed by atoms with Crippen LogP contribution in [-0.4, -0.2) is 27.8 Å². The number of alkyl halides is 3. The predicted molar refractivity (Wildman–Crippen MR) is 84.4 cm³/mol. The van der Waals surface area contributed by atoms with E-state index in [9.17, 15) is 28.1 Å². The lowest BCUT2D eigenvalue weighted by Crippen LogP contribution is -2.26. The lowest BCUT2D eigenvalue weighted by Gasteiger charge is -2.12. The molecule has 2 rings (SSSR count). The molecular weight excluding hydrogens is 357 g/mol. The third kappa shape index (κ3) is 3.60. The molecule has 1 amide bonds. The van der Waals surface area contributed by atoms with Crippen molar-refractivity contribution >= 4 is 11.7 Å². The van der Waals surface area contributed by atoms with Crippen LogP contribution in [0.3, 0.4) is 0 Å². The van der Waals surface area contributed by atoms with E-state index >= 15 is 0 Å². The summed E-state index contributed by atoms with van der Waals surface area (Å²) in [6.45, 7) is 3.31. The van der Waals surface area contributed by atoms with Crippen LogP contribution in [0, 0.1) is 17.0 Å². The molecule has 0 saturated heterocycles. The summed E-state index contributed by atoms with van der Waals surface area (Å²) in [6, 6.07) is 1.57. The summed E-state index contributed by atoms with van der Waals surface area (Å²) in [4.78, 5) is 21.6. The Labute approximate surface area is 145 Å². The summed E-state index contributed by atoms with van der Waals surface area (Å²) >= 11 is 0. The lowest BCUT2D eigenvalue weighted by atomic mass is 10.1. The molecule has 0 radical (unpaired) electrons. The van der Waals surface area contributed by atoms with E-state index in [2.05, 4.69) is 10.4 Å². The fraction of sp³-hybridized carbons (Fsp3) is 0.333. The maximum Gasteiger partial charge on any atom is 0.420 e. The number of rotatable bonds is 4. The Morgan fingerprint density at radius 1 is 1.42 bits per heavy atom. The van der Waals surface area contributed by atoms with Gasteiger partial charge in [0.1, 0.15) is 11.3 Å². The minimum absolute atomic E-state index is 0.173. The second-order valence-electron chi connectivity index (χ2n) is 5.23. The molecule has 26 heavy (non-hydrogen) atoms. The fourth-order valence-corrected chi connectivity index (χ4v) is 2.35. The maximum absolute atomic E-state index is 13.3. The number of nitro groups is 1. The molecule has 1 N–H and O–H groups in total. The summed E-state index contributed by atoms with van der Waals surface area (Å²) in [6.07, 6.45) is -4.52. The molecule has 0 bridgehead atoms. The van der Waals surface area contributed by atoms with Gasteiger partial charge in [-0.3, -0.25) is 10.1 Å². The molecule has 1 heterocycles. The highest BCUT2D eigenvalue weighted by Crippen LogP contribution is 2.40. The number of benzene rings is 1. The van der Waals surface area contributed by atoms with Crippen molar-refractivity contribution in [1.29, 1.82) is 0 Å². The minimum Gasteiger partial charge on any atom is -0.437 e. The molecule has 0 unspecified atom stereocenters. The third-order valence-corrected chi connectivity index (χ3v) is 3.65. The SMILES string of the molecule is CCc1c(Oc2ccc([N+](=O)[O-])cc2C(F)(F)F)nn(C(=O)NC)c1C. The zero-order chi connectivity index (χ0) is 19.6. The Kier molecular flexibility index (Phi) is 5.19. The Morgan fingerprint density at radius 2 is 2.08 bits per heavy atom. The molecule has 11 heteroatoms. The molecule has 8 nitrogen and oxygen atoms in total. The Morgan fingerprint density at radius 3 is 2.58 bits per heavy atom. The largest absolute Gasteiger partial charge is 0.437 e. The van der Waals surface area contributed by atoms with Crippen molar-refractivity contribution in [2.45, 2.75) is 26.4 Å². The topological polar surface area (TPSA) is 99.3 Å². The van der Waals surface area contributed by atoms with E-state index in [-0.39, 0.29) is 5.88 Å². The number of hydrogen-bond donors (Lipinski definition) is 1. The Hall–Kier alpha value is -3.11. The second kappa shape index (κ2) is 7.02. The highest BCUT2D eigenvalue weighted by atomic mass is 19.4. The number of nitrogens with zero attached hydrogens (tertiary/aromatic N) is 3.